The number of nitro benzene ring substituents is 1. The first kappa shape index (κ1) is 16.3. The summed E-state index contributed by atoms with van der Waals surface area (Å²) in [5, 5.41) is 15.1. The van der Waals surface area contributed by atoms with E-state index < -0.39 is 22.4 Å². The van der Waals surface area contributed by atoms with Gasteiger partial charge in [-0.05, 0) is 37.8 Å². The minimum atomic E-state index is -4.61. The smallest absolute Gasteiger partial charge is 0.272 e. The highest BCUT2D eigenvalue weighted by atomic mass is 19.4. The number of rotatable bonds is 3. The maximum atomic E-state index is 12.6. The topological polar surface area (TPSA) is 67.5 Å². The van der Waals surface area contributed by atoms with Gasteiger partial charge in [0, 0.05) is 11.8 Å². The summed E-state index contributed by atoms with van der Waals surface area (Å²) in [6.45, 7) is 0. The number of nitrogens with one attached hydrogen (secondary N) is 1. The van der Waals surface area contributed by atoms with Crippen molar-refractivity contribution in [2.45, 2.75) is 44.7 Å². The molecule has 0 atom stereocenters. The van der Waals surface area contributed by atoms with Gasteiger partial charge in [-0.25, -0.2) is 0 Å². The van der Waals surface area contributed by atoms with E-state index in [1.54, 1.807) is 0 Å². The molecule has 0 radical (unpaired) electrons. The molecule has 1 N–H and O–H groups in total. The van der Waals surface area contributed by atoms with Gasteiger partial charge in [-0.1, -0.05) is 12.8 Å². The number of hydrogen-bond donors (Lipinski definition) is 1. The van der Waals surface area contributed by atoms with Crippen LogP contribution in [-0.4, -0.2) is 10.6 Å². The van der Waals surface area contributed by atoms with E-state index in [1.165, 1.54) is 0 Å². The van der Waals surface area contributed by atoms with Gasteiger partial charge in [0.05, 0.1) is 10.5 Å². The number of hydrogen-bond acceptors (Lipinski definition) is 4. The maximum absolute atomic E-state index is 12.6. The summed E-state index contributed by atoms with van der Waals surface area (Å²) in [6.07, 6.45) is 1.27. The summed E-state index contributed by atoms with van der Waals surface area (Å²) in [6, 6.07) is 2.37. The van der Waals surface area contributed by atoms with Gasteiger partial charge in [0.25, 0.3) is 5.69 Å². The molecule has 1 aromatic rings. The molecule has 8 heteroatoms. The van der Waals surface area contributed by atoms with Crippen molar-refractivity contribution < 1.29 is 18.1 Å². The molecule has 0 amide bonds. The molecule has 1 aliphatic carbocycles. The SMILES string of the molecule is O=[N+]([O-])c1cc(C(F)(F)F)ccc1NN=C1CCCCCC1. The van der Waals surface area contributed by atoms with Gasteiger partial charge in [0.1, 0.15) is 5.69 Å². The van der Waals surface area contributed by atoms with Crippen LogP contribution in [0.25, 0.3) is 0 Å². The molecule has 1 aliphatic rings. The highest BCUT2D eigenvalue weighted by Crippen LogP contribution is 2.35. The van der Waals surface area contributed by atoms with Crippen LogP contribution in [0.5, 0.6) is 0 Å². The van der Waals surface area contributed by atoms with Crippen LogP contribution in [0.3, 0.4) is 0 Å². The Bertz CT molecular complexity index is 575. The number of benzene rings is 1. The minimum Gasteiger partial charge on any atom is -0.272 e. The number of alkyl halides is 3. The van der Waals surface area contributed by atoms with Gasteiger partial charge >= 0.3 is 6.18 Å². The molecule has 0 heterocycles. The molecule has 0 saturated heterocycles. The van der Waals surface area contributed by atoms with E-state index in [-0.39, 0.29) is 5.69 Å². The zero-order valence-electron chi connectivity index (χ0n) is 11.8. The Kier molecular flexibility index (Phi) is 4.99. The first-order chi connectivity index (χ1) is 10.4. The van der Waals surface area contributed by atoms with Crippen molar-refractivity contribution in [1.82, 2.24) is 0 Å². The van der Waals surface area contributed by atoms with Gasteiger partial charge in [0.15, 0.2) is 0 Å². The van der Waals surface area contributed by atoms with Gasteiger partial charge in [-0.15, -0.1) is 0 Å². The summed E-state index contributed by atoms with van der Waals surface area (Å²) in [5.41, 5.74) is 1.73. The quantitative estimate of drug-likeness (QED) is 0.498. The zero-order valence-corrected chi connectivity index (χ0v) is 11.8. The predicted molar refractivity (Wildman–Crippen MR) is 76.9 cm³/mol. The average Bonchev–Trinajstić information content (AvgIpc) is 2.72. The monoisotopic (exact) mass is 315 g/mol. The van der Waals surface area contributed by atoms with Crippen LogP contribution in [-0.2, 0) is 6.18 Å². The Hall–Kier alpha value is -2.12. The second-order valence-corrected chi connectivity index (χ2v) is 5.19. The van der Waals surface area contributed by atoms with E-state index >= 15 is 0 Å². The van der Waals surface area contributed by atoms with Crippen molar-refractivity contribution in [1.29, 1.82) is 0 Å². The standard InChI is InChI=1S/C14H16F3N3O2/c15-14(16,17)10-7-8-12(13(9-10)20(21)22)19-18-11-5-3-1-2-4-6-11/h7-9,19H,1-6H2. The third kappa shape index (κ3) is 4.19. The molecule has 22 heavy (non-hydrogen) atoms. The second-order valence-electron chi connectivity index (χ2n) is 5.19. The lowest BCUT2D eigenvalue weighted by atomic mass is 10.1. The van der Waals surface area contributed by atoms with Gasteiger partial charge in [-0.2, -0.15) is 18.3 Å². The van der Waals surface area contributed by atoms with Crippen molar-refractivity contribution in [3.05, 3.63) is 33.9 Å². The number of halogens is 3. The molecule has 1 saturated carbocycles. The number of anilines is 1. The third-order valence-corrected chi connectivity index (χ3v) is 3.54. The Morgan fingerprint density at radius 3 is 2.32 bits per heavy atom. The van der Waals surface area contributed by atoms with Crippen LogP contribution in [0, 0.1) is 10.1 Å². The molecule has 0 bridgehead atoms. The molecule has 120 valence electrons. The molecule has 0 unspecified atom stereocenters. The number of hydrazone groups is 1. The summed E-state index contributed by atoms with van der Waals surface area (Å²) < 4.78 is 37.8. The molecule has 1 fully saturated rings. The highest BCUT2D eigenvalue weighted by molar-refractivity contribution is 5.85. The largest absolute Gasteiger partial charge is 0.416 e. The van der Waals surface area contributed by atoms with Crippen molar-refractivity contribution in [3.63, 3.8) is 0 Å². The van der Waals surface area contributed by atoms with Gasteiger partial charge in [-0.3, -0.25) is 15.5 Å². The molecule has 5 nitrogen and oxygen atoms in total. The fraction of sp³-hybridized carbons (Fsp3) is 0.500. The summed E-state index contributed by atoms with van der Waals surface area (Å²) in [4.78, 5) is 10.1. The van der Waals surface area contributed by atoms with Crippen LogP contribution in [0.1, 0.15) is 44.1 Å². The van der Waals surface area contributed by atoms with Crippen LogP contribution in [0.2, 0.25) is 0 Å². The highest BCUT2D eigenvalue weighted by Gasteiger charge is 2.33. The van der Waals surface area contributed by atoms with Crippen molar-refractivity contribution in [2.75, 3.05) is 5.43 Å². The third-order valence-electron chi connectivity index (χ3n) is 3.54. The van der Waals surface area contributed by atoms with E-state index in [4.69, 9.17) is 0 Å². The normalized spacial score (nSPS) is 16.0. The van der Waals surface area contributed by atoms with E-state index in [1.807, 2.05) is 0 Å². The van der Waals surface area contributed by atoms with E-state index in [9.17, 15) is 23.3 Å². The second kappa shape index (κ2) is 6.76. The summed E-state index contributed by atoms with van der Waals surface area (Å²) in [5.74, 6) is 0. The Labute approximate surface area is 125 Å². The summed E-state index contributed by atoms with van der Waals surface area (Å²) >= 11 is 0. The lowest BCUT2D eigenvalue weighted by molar-refractivity contribution is -0.384. The first-order valence-corrected chi connectivity index (χ1v) is 7.05. The fourth-order valence-corrected chi connectivity index (χ4v) is 2.34. The molecule has 2 rings (SSSR count). The van der Waals surface area contributed by atoms with E-state index in [2.05, 4.69) is 10.5 Å². The van der Waals surface area contributed by atoms with E-state index in [0.717, 1.165) is 56.4 Å². The Morgan fingerprint density at radius 2 is 1.77 bits per heavy atom. The molecule has 0 aliphatic heterocycles. The zero-order chi connectivity index (χ0) is 16.2. The molecular weight excluding hydrogens is 299 g/mol. The minimum absolute atomic E-state index is 0.0326. The lowest BCUT2D eigenvalue weighted by Crippen LogP contribution is -2.07. The maximum Gasteiger partial charge on any atom is 0.416 e. The fourth-order valence-electron chi connectivity index (χ4n) is 2.34. The van der Waals surface area contributed by atoms with Crippen molar-refractivity contribution >= 4 is 17.1 Å². The van der Waals surface area contributed by atoms with E-state index in [0.29, 0.717) is 6.07 Å². The molecular formula is C14H16F3N3O2. The Balaban J connectivity index is 2.23. The van der Waals surface area contributed by atoms with Crippen LogP contribution in [0.15, 0.2) is 23.3 Å². The molecule has 1 aromatic carbocycles. The first-order valence-electron chi connectivity index (χ1n) is 7.05. The molecule has 0 spiro atoms. The average molecular weight is 315 g/mol. The van der Waals surface area contributed by atoms with Crippen molar-refractivity contribution in [2.24, 2.45) is 5.10 Å². The number of nitrogens with zero attached hydrogens (tertiary/aromatic N) is 2. The number of nitro groups is 1. The van der Waals surface area contributed by atoms with Gasteiger partial charge < -0.3 is 0 Å². The molecule has 0 aromatic heterocycles. The van der Waals surface area contributed by atoms with Gasteiger partial charge in [0.2, 0.25) is 0 Å². The van der Waals surface area contributed by atoms with Crippen LogP contribution in [0.4, 0.5) is 24.5 Å². The Morgan fingerprint density at radius 1 is 1.14 bits per heavy atom. The summed E-state index contributed by atoms with van der Waals surface area (Å²) in [7, 11) is 0. The van der Waals surface area contributed by atoms with Crippen LogP contribution >= 0.6 is 0 Å². The van der Waals surface area contributed by atoms with Crippen LogP contribution < -0.4 is 5.43 Å². The predicted octanol–water partition coefficient (Wildman–Crippen LogP) is 4.74. The lowest BCUT2D eigenvalue weighted by Gasteiger charge is -2.09. The van der Waals surface area contributed by atoms with Crippen molar-refractivity contribution in [3.8, 4) is 0 Å².